The maximum atomic E-state index is 12.5. The van der Waals surface area contributed by atoms with Crippen molar-refractivity contribution in [1.29, 1.82) is 0 Å². The Kier molecular flexibility index (Phi) is 12.2. The number of benzene rings is 2. The SMILES string of the molecule is CC(C=O)CNC(=O)OC(C)(C)C.CNc1ccc(C2CCN(C(=O)Nc3c(Cl)cccc3Cl)CC2)cc1. The number of anilines is 2. The predicted molar refractivity (Wildman–Crippen MR) is 154 cm³/mol. The molecule has 0 radical (unpaired) electrons. The summed E-state index contributed by atoms with van der Waals surface area (Å²) in [5.74, 6) is 0.311. The second-order valence-corrected chi connectivity index (χ2v) is 11.0. The molecule has 1 saturated heterocycles. The number of alkyl carbamates (subject to hydrolysis) is 1. The topological polar surface area (TPSA) is 99.8 Å². The number of nitrogens with zero attached hydrogens (tertiary/aromatic N) is 1. The van der Waals surface area contributed by atoms with Crippen LogP contribution in [0.15, 0.2) is 42.5 Å². The van der Waals surface area contributed by atoms with Crippen molar-refractivity contribution >= 4 is 53.0 Å². The van der Waals surface area contributed by atoms with Crippen molar-refractivity contribution in [2.45, 2.75) is 52.1 Å². The van der Waals surface area contributed by atoms with Gasteiger partial charge in [-0.25, -0.2) is 9.59 Å². The molecule has 0 aliphatic carbocycles. The number of carbonyl (C=O) groups excluding carboxylic acids is 3. The maximum Gasteiger partial charge on any atom is 0.407 e. The van der Waals surface area contributed by atoms with E-state index in [1.165, 1.54) is 5.56 Å². The fourth-order valence-electron chi connectivity index (χ4n) is 3.75. The summed E-state index contributed by atoms with van der Waals surface area (Å²) in [5.41, 5.74) is 2.42. The summed E-state index contributed by atoms with van der Waals surface area (Å²) in [4.78, 5) is 35.5. The highest BCUT2D eigenvalue weighted by Gasteiger charge is 2.24. The standard InChI is InChI=1S/C19H21Cl2N3O.C9H17NO3/c1-22-15-7-5-13(6-8-15)14-9-11-24(12-10-14)19(25)23-18-16(20)3-2-4-17(18)21;1-7(6-11)5-10-8(12)13-9(2,3)4/h2-8,14,22H,9-12H2,1H3,(H,23,25);6-7H,5H2,1-4H3,(H,10,12). The first-order valence-electron chi connectivity index (χ1n) is 12.6. The molecule has 1 heterocycles. The van der Waals surface area contributed by atoms with Gasteiger partial charge in [-0.15, -0.1) is 0 Å². The van der Waals surface area contributed by atoms with E-state index in [2.05, 4.69) is 40.2 Å². The Balaban J connectivity index is 0.000000332. The minimum Gasteiger partial charge on any atom is -0.444 e. The van der Waals surface area contributed by atoms with Crippen LogP contribution in [0, 0.1) is 5.92 Å². The molecule has 8 nitrogen and oxygen atoms in total. The van der Waals surface area contributed by atoms with Gasteiger partial charge in [0.15, 0.2) is 0 Å². The third kappa shape index (κ3) is 10.4. The molecule has 208 valence electrons. The van der Waals surface area contributed by atoms with Crippen LogP contribution in [0.25, 0.3) is 0 Å². The highest BCUT2D eigenvalue weighted by molar-refractivity contribution is 6.39. The van der Waals surface area contributed by atoms with Crippen molar-refractivity contribution in [3.05, 3.63) is 58.1 Å². The van der Waals surface area contributed by atoms with Gasteiger partial charge in [0, 0.05) is 38.3 Å². The summed E-state index contributed by atoms with van der Waals surface area (Å²) < 4.78 is 4.97. The molecule has 1 fully saturated rings. The average Bonchev–Trinajstić information content (AvgIpc) is 2.89. The third-order valence-corrected chi connectivity index (χ3v) is 6.48. The van der Waals surface area contributed by atoms with Crippen LogP contribution in [0.4, 0.5) is 21.0 Å². The number of likely N-dealkylation sites (tertiary alicyclic amines) is 1. The van der Waals surface area contributed by atoms with Crippen LogP contribution < -0.4 is 16.0 Å². The minimum absolute atomic E-state index is 0.154. The molecule has 1 unspecified atom stereocenters. The Bertz CT molecular complexity index is 1050. The number of halogens is 2. The Morgan fingerprint density at radius 3 is 2.16 bits per heavy atom. The summed E-state index contributed by atoms with van der Waals surface area (Å²) in [5, 5.41) is 9.35. The van der Waals surface area contributed by atoms with Gasteiger partial charge in [-0.3, -0.25) is 0 Å². The summed E-state index contributed by atoms with van der Waals surface area (Å²) in [6.45, 7) is 8.84. The molecule has 2 aromatic carbocycles. The number of hydrogen-bond acceptors (Lipinski definition) is 5. The van der Waals surface area contributed by atoms with Crippen LogP contribution in [0.5, 0.6) is 0 Å². The van der Waals surface area contributed by atoms with Crippen molar-refractivity contribution in [3.8, 4) is 0 Å². The van der Waals surface area contributed by atoms with E-state index >= 15 is 0 Å². The molecule has 3 N–H and O–H groups in total. The Hall–Kier alpha value is -2.97. The number of ether oxygens (including phenoxy) is 1. The van der Waals surface area contributed by atoms with Gasteiger partial charge in [0.05, 0.1) is 15.7 Å². The molecule has 38 heavy (non-hydrogen) atoms. The normalized spacial score (nSPS) is 14.4. The van der Waals surface area contributed by atoms with Gasteiger partial charge in [0.25, 0.3) is 0 Å². The lowest BCUT2D eigenvalue weighted by molar-refractivity contribution is -0.110. The average molecular weight is 566 g/mol. The molecule has 0 spiro atoms. The van der Waals surface area contributed by atoms with Crippen LogP contribution in [0.2, 0.25) is 10.0 Å². The lowest BCUT2D eigenvalue weighted by Crippen LogP contribution is -2.40. The first kappa shape index (κ1) is 31.2. The summed E-state index contributed by atoms with van der Waals surface area (Å²) >= 11 is 12.2. The third-order valence-electron chi connectivity index (χ3n) is 5.85. The summed E-state index contributed by atoms with van der Waals surface area (Å²) in [6.07, 6.45) is 2.20. The highest BCUT2D eigenvalue weighted by atomic mass is 35.5. The number of carbonyl (C=O) groups is 3. The van der Waals surface area contributed by atoms with E-state index in [-0.39, 0.29) is 11.9 Å². The fraction of sp³-hybridized carbons (Fsp3) is 0.464. The number of aldehydes is 1. The molecular formula is C28H38Cl2N4O4. The molecule has 2 aromatic rings. The number of para-hydroxylation sites is 1. The van der Waals surface area contributed by atoms with Crippen molar-refractivity contribution < 1.29 is 19.1 Å². The van der Waals surface area contributed by atoms with Gasteiger partial charge < -0.3 is 30.4 Å². The number of nitrogens with one attached hydrogen (secondary N) is 3. The van der Waals surface area contributed by atoms with Crippen LogP contribution in [0.1, 0.15) is 52.0 Å². The maximum absolute atomic E-state index is 12.5. The van der Waals surface area contributed by atoms with E-state index in [1.807, 2.05) is 11.9 Å². The smallest absolute Gasteiger partial charge is 0.407 e. The van der Waals surface area contributed by atoms with Gasteiger partial charge in [0.2, 0.25) is 0 Å². The van der Waals surface area contributed by atoms with Gasteiger partial charge in [-0.2, -0.15) is 0 Å². The predicted octanol–water partition coefficient (Wildman–Crippen LogP) is 6.79. The number of rotatable bonds is 6. The molecule has 1 atom stereocenters. The molecule has 0 bridgehead atoms. The molecular weight excluding hydrogens is 527 g/mol. The van der Waals surface area contributed by atoms with Gasteiger partial charge in [0.1, 0.15) is 11.9 Å². The Morgan fingerprint density at radius 2 is 1.66 bits per heavy atom. The highest BCUT2D eigenvalue weighted by Crippen LogP contribution is 2.32. The van der Waals surface area contributed by atoms with Gasteiger partial charge >= 0.3 is 12.1 Å². The number of piperidine rings is 1. The zero-order valence-corrected chi connectivity index (χ0v) is 24.2. The number of urea groups is 1. The molecule has 10 heteroatoms. The van der Waals surface area contributed by atoms with E-state index in [9.17, 15) is 14.4 Å². The second kappa shape index (κ2) is 14.8. The van der Waals surface area contributed by atoms with Crippen LogP contribution in [-0.4, -0.2) is 55.6 Å². The van der Waals surface area contributed by atoms with Crippen LogP contribution >= 0.6 is 23.2 Å². The van der Waals surface area contributed by atoms with E-state index in [0.717, 1.165) is 24.8 Å². The first-order chi connectivity index (χ1) is 17.9. The lowest BCUT2D eigenvalue weighted by Gasteiger charge is -2.32. The summed E-state index contributed by atoms with van der Waals surface area (Å²) in [6, 6.07) is 13.5. The second-order valence-electron chi connectivity index (χ2n) is 10.2. The summed E-state index contributed by atoms with van der Waals surface area (Å²) in [7, 11) is 1.91. The fourth-order valence-corrected chi connectivity index (χ4v) is 4.24. The van der Waals surface area contributed by atoms with Crippen molar-refractivity contribution in [1.82, 2.24) is 10.2 Å². The Morgan fingerprint density at radius 1 is 1.08 bits per heavy atom. The zero-order valence-electron chi connectivity index (χ0n) is 22.6. The quantitative estimate of drug-likeness (QED) is 0.335. The number of amides is 3. The van der Waals surface area contributed by atoms with Gasteiger partial charge in [-0.1, -0.05) is 48.3 Å². The molecule has 1 aliphatic heterocycles. The zero-order chi connectivity index (χ0) is 28.3. The van der Waals surface area contributed by atoms with Gasteiger partial charge in [-0.05, 0) is 69.4 Å². The molecule has 0 aromatic heterocycles. The lowest BCUT2D eigenvalue weighted by atomic mass is 9.89. The van der Waals surface area contributed by atoms with E-state index in [0.29, 0.717) is 41.3 Å². The largest absolute Gasteiger partial charge is 0.444 e. The first-order valence-corrected chi connectivity index (χ1v) is 13.4. The Labute approximate surface area is 235 Å². The van der Waals surface area contributed by atoms with Crippen molar-refractivity contribution in [2.75, 3.05) is 37.3 Å². The minimum atomic E-state index is -0.492. The van der Waals surface area contributed by atoms with Crippen molar-refractivity contribution in [2.24, 2.45) is 5.92 Å². The van der Waals surface area contributed by atoms with Crippen molar-refractivity contribution in [3.63, 3.8) is 0 Å². The molecule has 3 rings (SSSR count). The van der Waals surface area contributed by atoms with E-state index in [4.69, 9.17) is 27.9 Å². The van der Waals surface area contributed by atoms with Crippen LogP contribution in [-0.2, 0) is 9.53 Å². The molecule has 0 saturated carbocycles. The monoisotopic (exact) mass is 564 g/mol. The molecule has 3 amide bonds. The number of hydrogen-bond donors (Lipinski definition) is 3. The van der Waals surface area contributed by atoms with E-state index < -0.39 is 11.7 Å². The molecule has 1 aliphatic rings. The van der Waals surface area contributed by atoms with E-state index in [1.54, 1.807) is 45.9 Å². The van der Waals surface area contributed by atoms with Crippen LogP contribution in [0.3, 0.4) is 0 Å².